The van der Waals surface area contributed by atoms with Crippen LogP contribution in [-0.2, 0) is 13.0 Å². The summed E-state index contributed by atoms with van der Waals surface area (Å²) in [6, 6.07) is 13.1. The van der Waals surface area contributed by atoms with Crippen LogP contribution in [0.25, 0.3) is 11.4 Å². The minimum Gasteiger partial charge on any atom is -0.493 e. The molecule has 196 valence electrons. The molecule has 2 aliphatic rings. The highest BCUT2D eigenvalue weighted by Crippen LogP contribution is 2.31. The molecule has 1 fully saturated rings. The Balaban J connectivity index is 1.21. The number of aromatic nitrogens is 4. The van der Waals surface area contributed by atoms with Gasteiger partial charge in [0.2, 0.25) is 0 Å². The molecule has 0 aliphatic carbocycles. The molecule has 4 heterocycles. The van der Waals surface area contributed by atoms with E-state index in [1.54, 1.807) is 18.3 Å². The molecule has 2 aromatic heterocycles. The van der Waals surface area contributed by atoms with Gasteiger partial charge in [0.15, 0.2) is 11.0 Å². The van der Waals surface area contributed by atoms with Gasteiger partial charge in [0.25, 0.3) is 5.91 Å². The first-order valence-corrected chi connectivity index (χ1v) is 14.0. The molecule has 9 nitrogen and oxygen atoms in total. The third kappa shape index (κ3) is 5.71. The zero-order chi connectivity index (χ0) is 25.7. The van der Waals surface area contributed by atoms with Gasteiger partial charge in [0, 0.05) is 54.2 Å². The molecule has 38 heavy (non-hydrogen) atoms. The molecule has 2 aromatic carbocycles. The molecule has 6 rings (SSSR count). The zero-order valence-corrected chi connectivity index (χ0v) is 21.9. The molecule has 0 bridgehead atoms. The summed E-state index contributed by atoms with van der Waals surface area (Å²) in [5.74, 6) is 3.91. The number of rotatable bonds is 8. The average Bonchev–Trinajstić information content (AvgIpc) is 3.63. The summed E-state index contributed by atoms with van der Waals surface area (Å²) >= 11 is 1.37. The number of ether oxygens (including phenoxy) is 2. The lowest BCUT2D eigenvalue weighted by Crippen LogP contribution is -2.33. The Hall–Kier alpha value is -3.76. The summed E-state index contributed by atoms with van der Waals surface area (Å²) in [6.45, 7) is 3.53. The van der Waals surface area contributed by atoms with Crippen LogP contribution < -0.4 is 20.1 Å². The molecule has 4 aromatic rings. The van der Waals surface area contributed by atoms with Crippen LogP contribution in [-0.4, -0.2) is 45.4 Å². The van der Waals surface area contributed by atoms with Gasteiger partial charge in [-0.1, -0.05) is 0 Å². The van der Waals surface area contributed by atoms with Gasteiger partial charge in [-0.2, -0.15) is 0 Å². The Labute approximate surface area is 225 Å². The van der Waals surface area contributed by atoms with Crippen LogP contribution >= 0.6 is 11.3 Å². The van der Waals surface area contributed by atoms with Crippen LogP contribution in [0, 0.1) is 5.92 Å². The van der Waals surface area contributed by atoms with Gasteiger partial charge < -0.3 is 19.4 Å². The number of nitrogens with zero attached hydrogens (tertiary/aromatic N) is 4. The zero-order valence-electron chi connectivity index (χ0n) is 21.1. The number of hydrogen-bond acceptors (Lipinski definition) is 8. The molecule has 1 amide bonds. The lowest BCUT2D eigenvalue weighted by molar-refractivity contribution is 0.102. The van der Waals surface area contributed by atoms with Crippen LogP contribution in [0.1, 0.15) is 41.9 Å². The van der Waals surface area contributed by atoms with E-state index in [1.165, 1.54) is 11.3 Å². The van der Waals surface area contributed by atoms with Crippen LogP contribution in [0.2, 0.25) is 0 Å². The van der Waals surface area contributed by atoms with E-state index in [9.17, 15) is 4.79 Å². The number of thiazole rings is 1. The Morgan fingerprint density at radius 2 is 1.97 bits per heavy atom. The molecule has 1 saturated heterocycles. The van der Waals surface area contributed by atoms with E-state index in [2.05, 4.69) is 30.4 Å². The van der Waals surface area contributed by atoms with Gasteiger partial charge in [-0.3, -0.25) is 10.1 Å². The fourth-order valence-corrected chi connectivity index (χ4v) is 5.43. The molecular weight excluding hydrogens is 500 g/mol. The van der Waals surface area contributed by atoms with E-state index in [1.807, 2.05) is 35.7 Å². The quantitative estimate of drug-likeness (QED) is 0.324. The highest BCUT2D eigenvalue weighted by atomic mass is 32.1. The number of nitrogens with one attached hydrogen (secondary N) is 2. The van der Waals surface area contributed by atoms with E-state index < -0.39 is 0 Å². The molecule has 1 unspecified atom stereocenters. The normalized spacial score (nSPS) is 17.0. The summed E-state index contributed by atoms with van der Waals surface area (Å²) in [4.78, 5) is 17.1. The van der Waals surface area contributed by atoms with E-state index in [-0.39, 0.29) is 5.91 Å². The maximum Gasteiger partial charge on any atom is 0.257 e. The number of carbonyl (C=O) groups is 1. The summed E-state index contributed by atoms with van der Waals surface area (Å²) in [5, 5.41) is 17.4. The minimum atomic E-state index is -0.262. The first-order chi connectivity index (χ1) is 18.7. The van der Waals surface area contributed by atoms with E-state index in [4.69, 9.17) is 9.47 Å². The second-order valence-corrected chi connectivity index (χ2v) is 10.6. The topological polar surface area (TPSA) is 103 Å². The Bertz CT molecular complexity index is 1380. The lowest BCUT2D eigenvalue weighted by Gasteiger charge is -2.23. The molecule has 0 radical (unpaired) electrons. The van der Waals surface area contributed by atoms with Crippen molar-refractivity contribution in [3.8, 4) is 28.6 Å². The fourth-order valence-electron chi connectivity index (χ4n) is 4.91. The number of amides is 1. The Morgan fingerprint density at radius 1 is 1.08 bits per heavy atom. The van der Waals surface area contributed by atoms with Gasteiger partial charge in [0.1, 0.15) is 23.1 Å². The van der Waals surface area contributed by atoms with Crippen molar-refractivity contribution in [2.75, 3.05) is 25.0 Å². The highest BCUT2D eigenvalue weighted by molar-refractivity contribution is 7.13. The number of fused-ring (bicyclic) bond motifs is 1. The minimum absolute atomic E-state index is 0.262. The first kappa shape index (κ1) is 24.6. The smallest absolute Gasteiger partial charge is 0.257 e. The van der Waals surface area contributed by atoms with Crippen LogP contribution in [0.4, 0.5) is 5.13 Å². The molecule has 0 saturated carbocycles. The number of anilines is 1. The second kappa shape index (κ2) is 11.3. The van der Waals surface area contributed by atoms with Gasteiger partial charge in [-0.25, -0.2) is 4.98 Å². The molecule has 2 aliphatic heterocycles. The number of piperidine rings is 1. The van der Waals surface area contributed by atoms with Crippen molar-refractivity contribution in [2.45, 2.75) is 38.6 Å². The van der Waals surface area contributed by atoms with Crippen molar-refractivity contribution < 1.29 is 14.3 Å². The standard InChI is InChI=1S/C28H30N6O3S/c35-27(31-28-30-11-13-38-28)21-14-23(36-18-19-4-3-10-29-17-19)16-24(15-21)37-22-8-6-20(7-9-22)26-33-32-25-5-1-2-12-34(25)26/h6-9,11,13-16,19,29H,1-5,10,12,17-18H2,(H,30,31,35). The number of aryl methyl sites for hydroxylation is 1. The Kier molecular flexibility index (Phi) is 7.32. The SMILES string of the molecule is O=C(Nc1nccs1)c1cc(OCC2CCCNC2)cc(Oc2ccc(-c3nnc4n3CCCC4)cc2)c1. The van der Waals surface area contributed by atoms with Crippen LogP contribution in [0.3, 0.4) is 0 Å². The van der Waals surface area contributed by atoms with Crippen molar-refractivity contribution in [1.29, 1.82) is 0 Å². The Morgan fingerprint density at radius 3 is 2.79 bits per heavy atom. The van der Waals surface area contributed by atoms with E-state index in [0.29, 0.717) is 40.5 Å². The van der Waals surface area contributed by atoms with Crippen LogP contribution in [0.15, 0.2) is 54.0 Å². The largest absolute Gasteiger partial charge is 0.493 e. The van der Waals surface area contributed by atoms with Gasteiger partial charge in [0.05, 0.1) is 6.61 Å². The van der Waals surface area contributed by atoms with Gasteiger partial charge >= 0.3 is 0 Å². The lowest BCUT2D eigenvalue weighted by atomic mass is 10.0. The summed E-state index contributed by atoms with van der Waals surface area (Å²) in [6.07, 6.45) is 7.21. The average molecular weight is 531 g/mol. The second-order valence-electron chi connectivity index (χ2n) is 9.68. The van der Waals surface area contributed by atoms with Gasteiger partial charge in [-0.05, 0) is 68.6 Å². The van der Waals surface area contributed by atoms with Crippen molar-refractivity contribution in [3.63, 3.8) is 0 Å². The third-order valence-corrected chi connectivity index (χ3v) is 7.58. The maximum atomic E-state index is 13.0. The maximum absolute atomic E-state index is 13.0. The number of benzene rings is 2. The van der Waals surface area contributed by atoms with Gasteiger partial charge in [-0.15, -0.1) is 21.5 Å². The summed E-state index contributed by atoms with van der Waals surface area (Å²) in [7, 11) is 0. The van der Waals surface area contributed by atoms with Crippen molar-refractivity contribution in [3.05, 3.63) is 65.4 Å². The molecule has 0 spiro atoms. The summed E-state index contributed by atoms with van der Waals surface area (Å²) in [5.41, 5.74) is 1.45. The summed E-state index contributed by atoms with van der Waals surface area (Å²) < 4.78 is 14.5. The highest BCUT2D eigenvalue weighted by Gasteiger charge is 2.18. The third-order valence-electron chi connectivity index (χ3n) is 6.89. The first-order valence-electron chi connectivity index (χ1n) is 13.1. The molecule has 10 heteroatoms. The molecule has 2 N–H and O–H groups in total. The van der Waals surface area contributed by atoms with Crippen molar-refractivity contribution >= 4 is 22.4 Å². The fraction of sp³-hybridized carbons (Fsp3) is 0.357. The molecular formula is C28H30N6O3S. The van der Waals surface area contributed by atoms with Crippen molar-refractivity contribution in [1.82, 2.24) is 25.1 Å². The molecule has 1 atom stereocenters. The predicted molar refractivity (Wildman–Crippen MR) is 146 cm³/mol. The van der Waals surface area contributed by atoms with E-state index >= 15 is 0 Å². The number of hydrogen-bond donors (Lipinski definition) is 2. The van der Waals surface area contributed by atoms with E-state index in [0.717, 1.165) is 69.0 Å². The monoisotopic (exact) mass is 530 g/mol. The predicted octanol–water partition coefficient (Wildman–Crippen LogP) is 5.16. The van der Waals surface area contributed by atoms with Crippen molar-refractivity contribution in [2.24, 2.45) is 5.92 Å². The number of carbonyl (C=O) groups excluding carboxylic acids is 1. The van der Waals surface area contributed by atoms with Crippen LogP contribution in [0.5, 0.6) is 17.2 Å².